The molecule has 3 aromatic rings. The Bertz CT molecular complexity index is 994. The van der Waals surface area contributed by atoms with Crippen molar-refractivity contribution in [1.82, 2.24) is 9.97 Å². The normalized spacial score (nSPS) is 11.5. The van der Waals surface area contributed by atoms with Gasteiger partial charge in [-0.1, -0.05) is 23.5 Å². The second-order valence-electron chi connectivity index (χ2n) is 4.67. The lowest BCUT2D eigenvalue weighted by Gasteiger charge is -2.02. The van der Waals surface area contributed by atoms with Gasteiger partial charge in [0.15, 0.2) is 9.84 Å². The zero-order valence-electron chi connectivity index (χ0n) is 11.8. The number of hydrogen-bond acceptors (Lipinski definition) is 7. The van der Waals surface area contributed by atoms with Gasteiger partial charge in [0.2, 0.25) is 0 Å². The van der Waals surface area contributed by atoms with Crippen LogP contribution in [0.5, 0.6) is 5.19 Å². The highest BCUT2D eigenvalue weighted by Crippen LogP contribution is 2.29. The SMILES string of the molecule is CS(=O)(=O)c1ccc(-c2ccc3nc(OC(=O)O)sc3n2)cc1. The minimum atomic E-state index is -3.25. The number of ether oxygens (including phenoxy) is 1. The first-order valence-electron chi connectivity index (χ1n) is 6.32. The standard InChI is InChI=1S/C14H10N2O5S2/c1-23(19,20)9-4-2-8(3-5-9)10-6-7-11-12(15-10)22-13(16-11)21-14(17)18/h2-7H,1H3,(H,17,18). The van der Waals surface area contributed by atoms with Crippen LogP contribution < -0.4 is 4.74 Å². The molecule has 0 saturated carbocycles. The van der Waals surface area contributed by atoms with Crippen LogP contribution in [-0.4, -0.2) is 35.9 Å². The molecule has 0 aliphatic heterocycles. The molecule has 0 bridgehead atoms. The molecule has 0 spiro atoms. The van der Waals surface area contributed by atoms with Gasteiger partial charge in [0, 0.05) is 11.8 Å². The highest BCUT2D eigenvalue weighted by Gasteiger charge is 2.12. The number of pyridine rings is 1. The van der Waals surface area contributed by atoms with E-state index in [1.54, 1.807) is 24.3 Å². The summed E-state index contributed by atoms with van der Waals surface area (Å²) in [5, 5.41) is 8.60. The molecule has 1 aromatic carbocycles. The third kappa shape index (κ3) is 3.30. The molecule has 118 valence electrons. The van der Waals surface area contributed by atoms with Crippen molar-refractivity contribution in [2.75, 3.05) is 6.26 Å². The van der Waals surface area contributed by atoms with E-state index < -0.39 is 16.0 Å². The Morgan fingerprint density at radius 2 is 1.83 bits per heavy atom. The quantitative estimate of drug-likeness (QED) is 0.724. The van der Waals surface area contributed by atoms with Crippen LogP contribution in [0.15, 0.2) is 41.3 Å². The predicted octanol–water partition coefficient (Wildman–Crippen LogP) is 2.82. The fourth-order valence-corrected chi connectivity index (χ4v) is 3.36. The van der Waals surface area contributed by atoms with Crippen molar-refractivity contribution in [1.29, 1.82) is 0 Å². The van der Waals surface area contributed by atoms with E-state index in [-0.39, 0.29) is 10.1 Å². The summed E-state index contributed by atoms with van der Waals surface area (Å²) in [6.07, 6.45) is -0.284. The number of rotatable bonds is 3. The maximum atomic E-state index is 11.5. The average Bonchev–Trinajstić information content (AvgIpc) is 2.86. The van der Waals surface area contributed by atoms with Gasteiger partial charge in [-0.2, -0.15) is 0 Å². The average molecular weight is 350 g/mol. The van der Waals surface area contributed by atoms with Crippen LogP contribution in [0.2, 0.25) is 0 Å². The Balaban J connectivity index is 1.98. The Morgan fingerprint density at radius 3 is 2.43 bits per heavy atom. The molecular weight excluding hydrogens is 340 g/mol. The van der Waals surface area contributed by atoms with Crippen molar-refractivity contribution in [2.45, 2.75) is 4.90 Å². The summed E-state index contributed by atoms with van der Waals surface area (Å²) in [7, 11) is -3.25. The highest BCUT2D eigenvalue weighted by atomic mass is 32.2. The van der Waals surface area contributed by atoms with Crippen molar-refractivity contribution in [3.8, 4) is 16.5 Å². The third-order valence-corrected chi connectivity index (χ3v) is 4.96. The van der Waals surface area contributed by atoms with Gasteiger partial charge >= 0.3 is 6.16 Å². The molecule has 0 saturated heterocycles. The molecule has 1 N–H and O–H groups in total. The summed E-state index contributed by atoms with van der Waals surface area (Å²) < 4.78 is 27.4. The number of thiazole rings is 1. The molecule has 7 nitrogen and oxygen atoms in total. The number of aromatic nitrogens is 2. The van der Waals surface area contributed by atoms with E-state index in [1.807, 2.05) is 0 Å². The molecule has 0 aliphatic rings. The summed E-state index contributed by atoms with van der Waals surface area (Å²) >= 11 is 1.02. The summed E-state index contributed by atoms with van der Waals surface area (Å²) in [5.74, 6) is 0. The Hall–Kier alpha value is -2.52. The fraction of sp³-hybridized carbons (Fsp3) is 0.0714. The summed E-state index contributed by atoms with van der Waals surface area (Å²) in [6, 6.07) is 9.79. The topological polar surface area (TPSA) is 106 Å². The lowest BCUT2D eigenvalue weighted by Crippen LogP contribution is -2.01. The van der Waals surface area contributed by atoms with E-state index >= 15 is 0 Å². The highest BCUT2D eigenvalue weighted by molar-refractivity contribution is 7.90. The molecule has 2 heterocycles. The Morgan fingerprint density at radius 1 is 1.13 bits per heavy atom. The van der Waals surface area contributed by atoms with E-state index in [9.17, 15) is 13.2 Å². The second kappa shape index (κ2) is 5.60. The molecule has 0 fully saturated rings. The lowest BCUT2D eigenvalue weighted by molar-refractivity contribution is 0.144. The molecule has 0 aliphatic carbocycles. The van der Waals surface area contributed by atoms with Crippen LogP contribution >= 0.6 is 11.3 Å². The van der Waals surface area contributed by atoms with Crippen LogP contribution in [0, 0.1) is 0 Å². The van der Waals surface area contributed by atoms with Gasteiger partial charge in [-0.3, -0.25) is 0 Å². The van der Waals surface area contributed by atoms with Crippen LogP contribution in [-0.2, 0) is 9.84 Å². The van der Waals surface area contributed by atoms with E-state index in [4.69, 9.17) is 5.11 Å². The number of sulfone groups is 1. The Labute approximate surface area is 135 Å². The minimum Gasteiger partial charge on any atom is -0.449 e. The monoisotopic (exact) mass is 350 g/mol. The van der Waals surface area contributed by atoms with Crippen LogP contribution in [0.4, 0.5) is 4.79 Å². The molecule has 3 rings (SSSR count). The van der Waals surface area contributed by atoms with Crippen molar-refractivity contribution in [2.24, 2.45) is 0 Å². The minimum absolute atomic E-state index is 0.00424. The van der Waals surface area contributed by atoms with Crippen molar-refractivity contribution in [3.05, 3.63) is 36.4 Å². The molecule has 0 amide bonds. The number of fused-ring (bicyclic) bond motifs is 1. The zero-order chi connectivity index (χ0) is 16.6. The second-order valence-corrected chi connectivity index (χ2v) is 7.62. The maximum Gasteiger partial charge on any atom is 0.513 e. The van der Waals surface area contributed by atoms with E-state index in [1.165, 1.54) is 12.1 Å². The first-order valence-corrected chi connectivity index (χ1v) is 9.02. The number of carboxylic acid groups (broad SMARTS) is 1. The fourth-order valence-electron chi connectivity index (χ4n) is 1.95. The van der Waals surface area contributed by atoms with E-state index in [0.717, 1.165) is 23.2 Å². The molecule has 0 unspecified atom stereocenters. The lowest BCUT2D eigenvalue weighted by atomic mass is 10.1. The van der Waals surface area contributed by atoms with Crippen molar-refractivity contribution in [3.63, 3.8) is 0 Å². The number of carbonyl (C=O) groups is 1. The van der Waals surface area contributed by atoms with Gasteiger partial charge in [-0.15, -0.1) is 0 Å². The summed E-state index contributed by atoms with van der Waals surface area (Å²) in [5.41, 5.74) is 1.90. The molecule has 0 atom stereocenters. The van der Waals surface area contributed by atoms with Gasteiger partial charge in [0.25, 0.3) is 5.19 Å². The van der Waals surface area contributed by atoms with Gasteiger partial charge in [0.05, 0.1) is 10.6 Å². The third-order valence-electron chi connectivity index (χ3n) is 2.99. The smallest absolute Gasteiger partial charge is 0.449 e. The van der Waals surface area contributed by atoms with Gasteiger partial charge in [-0.25, -0.2) is 23.2 Å². The molecule has 9 heteroatoms. The largest absolute Gasteiger partial charge is 0.513 e. The maximum absolute atomic E-state index is 11.5. The summed E-state index contributed by atoms with van der Waals surface area (Å²) in [4.78, 5) is 19.7. The molecule has 0 radical (unpaired) electrons. The van der Waals surface area contributed by atoms with Crippen molar-refractivity contribution < 1.29 is 23.1 Å². The molecule has 23 heavy (non-hydrogen) atoms. The number of benzene rings is 1. The predicted molar refractivity (Wildman–Crippen MR) is 84.6 cm³/mol. The number of nitrogens with zero attached hydrogens (tertiary/aromatic N) is 2. The summed E-state index contributed by atoms with van der Waals surface area (Å²) in [6.45, 7) is 0. The van der Waals surface area contributed by atoms with Crippen molar-refractivity contribution >= 4 is 37.7 Å². The van der Waals surface area contributed by atoms with E-state index in [2.05, 4.69) is 14.7 Å². The number of hydrogen-bond donors (Lipinski definition) is 1. The zero-order valence-corrected chi connectivity index (χ0v) is 13.4. The van der Waals surface area contributed by atoms with Crippen LogP contribution in [0.25, 0.3) is 21.6 Å². The van der Waals surface area contributed by atoms with Gasteiger partial charge in [-0.05, 0) is 24.3 Å². The molecule has 2 aromatic heterocycles. The Kier molecular flexibility index (Phi) is 3.74. The van der Waals surface area contributed by atoms with Gasteiger partial charge < -0.3 is 9.84 Å². The van der Waals surface area contributed by atoms with Crippen LogP contribution in [0.3, 0.4) is 0 Å². The van der Waals surface area contributed by atoms with Crippen LogP contribution in [0.1, 0.15) is 0 Å². The van der Waals surface area contributed by atoms with E-state index in [0.29, 0.717) is 16.0 Å². The first-order chi connectivity index (χ1) is 10.8. The van der Waals surface area contributed by atoms with Gasteiger partial charge in [0.1, 0.15) is 10.3 Å². The molecular formula is C14H10N2O5S2. The first kappa shape index (κ1) is 15.4.